The number of thiazole rings is 1. The van der Waals surface area contributed by atoms with Crippen LogP contribution in [0, 0.1) is 19.8 Å². The third-order valence-electron chi connectivity index (χ3n) is 3.64. The number of aryl methyl sites for hydroxylation is 2. The van der Waals surface area contributed by atoms with Gasteiger partial charge in [-0.25, -0.2) is 4.98 Å². The summed E-state index contributed by atoms with van der Waals surface area (Å²) < 4.78 is 5.64. The summed E-state index contributed by atoms with van der Waals surface area (Å²) in [6, 6.07) is 0.600. The third kappa shape index (κ3) is 3.53. The number of nitrogens with zero attached hydrogens (tertiary/aromatic N) is 1. The molecule has 0 radical (unpaired) electrons. The fraction of sp³-hybridized carbons (Fsp3) is 0.786. The molecule has 102 valence electrons. The Bertz CT molecular complexity index is 358. The molecule has 2 heterocycles. The number of nitrogens with one attached hydrogen (secondary N) is 1. The molecule has 18 heavy (non-hydrogen) atoms. The van der Waals surface area contributed by atoms with E-state index in [-0.39, 0.29) is 0 Å². The molecule has 1 aromatic rings. The summed E-state index contributed by atoms with van der Waals surface area (Å²) in [4.78, 5) is 6.00. The van der Waals surface area contributed by atoms with Gasteiger partial charge in [-0.15, -0.1) is 11.3 Å². The van der Waals surface area contributed by atoms with Crippen LogP contribution >= 0.6 is 11.3 Å². The third-order valence-corrected chi connectivity index (χ3v) is 4.74. The molecular formula is C14H24N2OS. The normalized spacial score (nSPS) is 24.4. The number of aromatic nitrogens is 1. The van der Waals surface area contributed by atoms with Crippen molar-refractivity contribution in [2.24, 2.45) is 5.92 Å². The average molecular weight is 268 g/mol. The molecule has 0 amide bonds. The lowest BCUT2D eigenvalue weighted by atomic mass is 9.93. The number of hydrogen-bond acceptors (Lipinski definition) is 4. The Hall–Kier alpha value is -0.450. The van der Waals surface area contributed by atoms with E-state index in [9.17, 15) is 0 Å². The van der Waals surface area contributed by atoms with Crippen molar-refractivity contribution in [1.82, 2.24) is 10.3 Å². The maximum absolute atomic E-state index is 5.64. The Morgan fingerprint density at radius 2 is 2.28 bits per heavy atom. The first kappa shape index (κ1) is 14.0. The molecule has 0 aromatic carbocycles. The predicted molar refractivity (Wildman–Crippen MR) is 76.3 cm³/mol. The Labute approximate surface area is 114 Å². The van der Waals surface area contributed by atoms with E-state index < -0.39 is 0 Å². The molecule has 1 aliphatic rings. The summed E-state index contributed by atoms with van der Waals surface area (Å²) in [5, 5.41) is 4.93. The maximum atomic E-state index is 5.64. The van der Waals surface area contributed by atoms with Gasteiger partial charge in [0.15, 0.2) is 0 Å². The van der Waals surface area contributed by atoms with E-state index in [0.29, 0.717) is 12.0 Å². The topological polar surface area (TPSA) is 34.1 Å². The molecule has 0 saturated carbocycles. The van der Waals surface area contributed by atoms with E-state index in [2.05, 4.69) is 31.1 Å². The van der Waals surface area contributed by atoms with Crippen molar-refractivity contribution >= 4 is 11.3 Å². The Morgan fingerprint density at radius 3 is 2.94 bits per heavy atom. The molecule has 2 unspecified atom stereocenters. The molecule has 1 aromatic heterocycles. The lowest BCUT2D eigenvalue weighted by molar-refractivity contribution is 0.0322. The zero-order chi connectivity index (χ0) is 13.0. The summed E-state index contributed by atoms with van der Waals surface area (Å²) in [7, 11) is 0. The Kier molecular flexibility index (Phi) is 5.15. The van der Waals surface area contributed by atoms with Crippen molar-refractivity contribution in [2.45, 2.75) is 46.1 Å². The molecule has 3 nitrogen and oxygen atoms in total. The highest BCUT2D eigenvalue weighted by Crippen LogP contribution is 2.24. The zero-order valence-corrected chi connectivity index (χ0v) is 12.5. The van der Waals surface area contributed by atoms with Crippen LogP contribution in [0.25, 0.3) is 0 Å². The summed E-state index contributed by atoms with van der Waals surface area (Å²) in [6.07, 6.45) is 3.38. The van der Waals surface area contributed by atoms with Crippen molar-refractivity contribution in [3.8, 4) is 0 Å². The van der Waals surface area contributed by atoms with E-state index in [1.165, 1.54) is 22.0 Å². The lowest BCUT2D eigenvalue weighted by Crippen LogP contribution is -2.43. The van der Waals surface area contributed by atoms with E-state index in [1.807, 2.05) is 11.3 Å². The summed E-state index contributed by atoms with van der Waals surface area (Å²) in [5.41, 5.74) is 1.18. The molecule has 0 bridgehead atoms. The zero-order valence-electron chi connectivity index (χ0n) is 11.7. The largest absolute Gasteiger partial charge is 0.381 e. The SMILES string of the molecule is CCCNC1CCOCC1Cc1nc(C)c(C)s1. The molecule has 0 spiro atoms. The average Bonchev–Trinajstić information content (AvgIpc) is 2.67. The van der Waals surface area contributed by atoms with Gasteiger partial charge in [0.2, 0.25) is 0 Å². The van der Waals surface area contributed by atoms with Gasteiger partial charge in [0, 0.05) is 29.9 Å². The van der Waals surface area contributed by atoms with Gasteiger partial charge in [-0.05, 0) is 33.2 Å². The van der Waals surface area contributed by atoms with Gasteiger partial charge in [-0.3, -0.25) is 0 Å². The Balaban J connectivity index is 1.96. The van der Waals surface area contributed by atoms with Gasteiger partial charge in [0.05, 0.1) is 17.3 Å². The van der Waals surface area contributed by atoms with E-state index in [0.717, 1.165) is 32.6 Å². The van der Waals surface area contributed by atoms with E-state index >= 15 is 0 Å². The van der Waals surface area contributed by atoms with Gasteiger partial charge in [0.25, 0.3) is 0 Å². The fourth-order valence-electron chi connectivity index (χ4n) is 2.45. The minimum Gasteiger partial charge on any atom is -0.381 e. The first-order valence-electron chi connectivity index (χ1n) is 6.94. The van der Waals surface area contributed by atoms with Crippen LogP contribution in [0.15, 0.2) is 0 Å². The minimum absolute atomic E-state index is 0.579. The molecule has 0 aliphatic carbocycles. The highest BCUT2D eigenvalue weighted by molar-refractivity contribution is 7.11. The second-order valence-electron chi connectivity index (χ2n) is 5.14. The van der Waals surface area contributed by atoms with Gasteiger partial charge in [-0.1, -0.05) is 6.92 Å². The molecule has 1 saturated heterocycles. The minimum atomic E-state index is 0.579. The summed E-state index contributed by atoms with van der Waals surface area (Å²) in [5.74, 6) is 0.579. The molecule has 2 rings (SSSR count). The predicted octanol–water partition coefficient (Wildman–Crippen LogP) is 2.71. The quantitative estimate of drug-likeness (QED) is 0.891. The molecule has 4 heteroatoms. The van der Waals surface area contributed by atoms with Gasteiger partial charge < -0.3 is 10.1 Å². The molecule has 1 N–H and O–H groups in total. The van der Waals surface area contributed by atoms with Gasteiger partial charge >= 0.3 is 0 Å². The van der Waals surface area contributed by atoms with Crippen LogP contribution in [0.1, 0.15) is 35.3 Å². The van der Waals surface area contributed by atoms with Crippen LogP contribution in [-0.4, -0.2) is 30.8 Å². The van der Waals surface area contributed by atoms with Gasteiger partial charge in [0.1, 0.15) is 0 Å². The number of rotatable bonds is 5. The van der Waals surface area contributed by atoms with Crippen LogP contribution in [0.5, 0.6) is 0 Å². The standard InChI is InChI=1S/C14H24N2OS/c1-4-6-15-13-5-7-17-9-12(13)8-14-16-10(2)11(3)18-14/h12-13,15H,4-9H2,1-3H3. The van der Waals surface area contributed by atoms with Crippen LogP contribution in [0.3, 0.4) is 0 Å². The first-order chi connectivity index (χ1) is 8.70. The van der Waals surface area contributed by atoms with Crippen LogP contribution in [0.2, 0.25) is 0 Å². The second kappa shape index (κ2) is 6.64. The molecular weight excluding hydrogens is 244 g/mol. The van der Waals surface area contributed by atoms with Crippen molar-refractivity contribution in [3.63, 3.8) is 0 Å². The van der Waals surface area contributed by atoms with Crippen molar-refractivity contribution in [3.05, 3.63) is 15.6 Å². The second-order valence-corrected chi connectivity index (χ2v) is 6.43. The van der Waals surface area contributed by atoms with Crippen molar-refractivity contribution < 1.29 is 4.74 Å². The highest BCUT2D eigenvalue weighted by atomic mass is 32.1. The summed E-state index contributed by atoms with van der Waals surface area (Å²) in [6.45, 7) is 9.35. The van der Waals surface area contributed by atoms with Crippen LogP contribution in [0.4, 0.5) is 0 Å². The number of ether oxygens (including phenoxy) is 1. The monoisotopic (exact) mass is 268 g/mol. The first-order valence-corrected chi connectivity index (χ1v) is 7.76. The lowest BCUT2D eigenvalue weighted by Gasteiger charge is -2.31. The molecule has 2 atom stereocenters. The molecule has 1 fully saturated rings. The van der Waals surface area contributed by atoms with Crippen LogP contribution in [-0.2, 0) is 11.2 Å². The molecule has 1 aliphatic heterocycles. The fourth-order valence-corrected chi connectivity index (χ4v) is 3.47. The maximum Gasteiger partial charge on any atom is 0.0935 e. The smallest absolute Gasteiger partial charge is 0.0935 e. The highest BCUT2D eigenvalue weighted by Gasteiger charge is 2.26. The Morgan fingerprint density at radius 1 is 1.44 bits per heavy atom. The summed E-state index contributed by atoms with van der Waals surface area (Å²) >= 11 is 1.84. The van der Waals surface area contributed by atoms with Gasteiger partial charge in [-0.2, -0.15) is 0 Å². The van der Waals surface area contributed by atoms with E-state index in [4.69, 9.17) is 4.74 Å². The van der Waals surface area contributed by atoms with Crippen LogP contribution < -0.4 is 5.32 Å². The van der Waals surface area contributed by atoms with Crippen molar-refractivity contribution in [1.29, 1.82) is 0 Å². The van der Waals surface area contributed by atoms with E-state index in [1.54, 1.807) is 0 Å². The number of hydrogen-bond donors (Lipinski definition) is 1. The van der Waals surface area contributed by atoms with Crippen molar-refractivity contribution in [2.75, 3.05) is 19.8 Å².